The molecule has 2 fully saturated rings. The van der Waals surface area contributed by atoms with Crippen LogP contribution in [0.15, 0.2) is 24.3 Å². The fourth-order valence-electron chi connectivity index (χ4n) is 2.50. The summed E-state index contributed by atoms with van der Waals surface area (Å²) in [5.41, 5.74) is 7.64. The summed E-state index contributed by atoms with van der Waals surface area (Å²) in [5, 5.41) is 0. The van der Waals surface area contributed by atoms with Crippen LogP contribution in [0.2, 0.25) is 0 Å². The molecule has 1 aromatic rings. The van der Waals surface area contributed by atoms with Crippen LogP contribution in [0.4, 0.5) is 5.69 Å². The van der Waals surface area contributed by atoms with Crippen molar-refractivity contribution in [2.75, 3.05) is 12.3 Å². The third-order valence-electron chi connectivity index (χ3n) is 3.81. The van der Waals surface area contributed by atoms with Crippen molar-refractivity contribution >= 4 is 11.6 Å². The van der Waals surface area contributed by atoms with Gasteiger partial charge in [0.25, 0.3) is 0 Å². The van der Waals surface area contributed by atoms with Crippen molar-refractivity contribution in [2.24, 2.45) is 5.41 Å². The maximum Gasteiger partial charge on any atom is 0.229 e. The van der Waals surface area contributed by atoms with Crippen LogP contribution >= 0.6 is 0 Å². The fraction of sp³-hybridized carbons (Fsp3) is 0.462. The van der Waals surface area contributed by atoms with E-state index in [1.165, 1.54) is 5.56 Å². The van der Waals surface area contributed by atoms with Gasteiger partial charge >= 0.3 is 0 Å². The van der Waals surface area contributed by atoms with E-state index in [0.717, 1.165) is 38.0 Å². The van der Waals surface area contributed by atoms with E-state index < -0.39 is 0 Å². The number of nitrogens with two attached hydrogens (primary N) is 1. The minimum Gasteiger partial charge on any atom is -0.399 e. The number of hydrogen-bond acceptors (Lipinski definition) is 2. The second-order valence-corrected chi connectivity index (χ2v) is 5.00. The lowest BCUT2D eigenvalue weighted by atomic mass is 10.1. The first-order valence-corrected chi connectivity index (χ1v) is 5.83. The Morgan fingerprint density at radius 2 is 1.88 bits per heavy atom. The summed E-state index contributed by atoms with van der Waals surface area (Å²) in [4.78, 5) is 14.0. The Bertz CT molecular complexity index is 420. The predicted octanol–water partition coefficient (Wildman–Crippen LogP) is 1.78. The quantitative estimate of drug-likeness (QED) is 0.766. The Balaban J connectivity index is 1.71. The SMILES string of the molecule is Nc1ccc(CN2CCC3(CC3)C2=O)cc1. The number of nitrogens with zero attached hydrogens (tertiary/aromatic N) is 1. The molecule has 3 nitrogen and oxygen atoms in total. The van der Waals surface area contributed by atoms with Crippen molar-refractivity contribution in [1.82, 2.24) is 4.90 Å². The van der Waals surface area contributed by atoms with Crippen LogP contribution < -0.4 is 5.73 Å². The molecule has 1 aliphatic heterocycles. The molecule has 1 saturated heterocycles. The highest BCUT2D eigenvalue weighted by atomic mass is 16.2. The van der Waals surface area contributed by atoms with Crippen molar-refractivity contribution in [3.63, 3.8) is 0 Å². The molecule has 1 aliphatic carbocycles. The number of nitrogen functional groups attached to an aromatic ring is 1. The first-order chi connectivity index (χ1) is 7.70. The molecular weight excluding hydrogens is 200 g/mol. The molecular formula is C13H16N2O. The van der Waals surface area contributed by atoms with Crippen molar-refractivity contribution in [1.29, 1.82) is 0 Å². The van der Waals surface area contributed by atoms with E-state index in [0.29, 0.717) is 5.91 Å². The number of amides is 1. The molecule has 1 spiro atoms. The molecule has 0 atom stereocenters. The van der Waals surface area contributed by atoms with E-state index in [1.54, 1.807) is 0 Å². The van der Waals surface area contributed by atoms with Gasteiger partial charge in [0, 0.05) is 18.8 Å². The number of benzene rings is 1. The zero-order valence-corrected chi connectivity index (χ0v) is 9.28. The third kappa shape index (κ3) is 1.47. The van der Waals surface area contributed by atoms with Crippen LogP contribution in [-0.4, -0.2) is 17.4 Å². The minimum atomic E-state index is 0.0633. The predicted molar refractivity (Wildman–Crippen MR) is 62.6 cm³/mol. The smallest absolute Gasteiger partial charge is 0.229 e. The average molecular weight is 216 g/mol. The van der Waals surface area contributed by atoms with Gasteiger partial charge in [0.1, 0.15) is 0 Å². The summed E-state index contributed by atoms with van der Waals surface area (Å²) in [6, 6.07) is 7.78. The van der Waals surface area contributed by atoms with Crippen LogP contribution in [0, 0.1) is 5.41 Å². The highest BCUT2D eigenvalue weighted by molar-refractivity contribution is 5.87. The van der Waals surface area contributed by atoms with Gasteiger partial charge in [-0.05, 0) is 37.0 Å². The summed E-state index contributed by atoms with van der Waals surface area (Å²) < 4.78 is 0. The Morgan fingerprint density at radius 3 is 2.44 bits per heavy atom. The summed E-state index contributed by atoms with van der Waals surface area (Å²) >= 11 is 0. The molecule has 84 valence electrons. The third-order valence-corrected chi connectivity index (χ3v) is 3.81. The fourth-order valence-corrected chi connectivity index (χ4v) is 2.50. The standard InChI is InChI=1S/C13H16N2O/c14-11-3-1-10(2-4-11)9-15-8-7-13(5-6-13)12(15)16/h1-4H,5-9,14H2. The second kappa shape index (κ2) is 3.24. The van der Waals surface area contributed by atoms with Gasteiger partial charge in [-0.1, -0.05) is 12.1 Å². The molecule has 0 bridgehead atoms. The van der Waals surface area contributed by atoms with E-state index in [-0.39, 0.29) is 5.41 Å². The topological polar surface area (TPSA) is 46.3 Å². The molecule has 2 N–H and O–H groups in total. The van der Waals surface area contributed by atoms with Crippen LogP contribution in [0.5, 0.6) is 0 Å². The van der Waals surface area contributed by atoms with Gasteiger partial charge in [0.05, 0.1) is 5.41 Å². The number of carbonyl (C=O) groups is 1. The van der Waals surface area contributed by atoms with Gasteiger partial charge in [-0.25, -0.2) is 0 Å². The molecule has 2 aliphatic rings. The van der Waals surface area contributed by atoms with Crippen LogP contribution in [-0.2, 0) is 11.3 Å². The van der Waals surface area contributed by atoms with Crippen LogP contribution in [0.1, 0.15) is 24.8 Å². The number of carbonyl (C=O) groups excluding carboxylic acids is 1. The molecule has 3 rings (SSSR count). The first kappa shape index (κ1) is 9.70. The molecule has 16 heavy (non-hydrogen) atoms. The van der Waals surface area contributed by atoms with Crippen LogP contribution in [0.3, 0.4) is 0 Å². The summed E-state index contributed by atoms with van der Waals surface area (Å²) in [7, 11) is 0. The largest absolute Gasteiger partial charge is 0.399 e. The van der Waals surface area contributed by atoms with Crippen molar-refractivity contribution in [3.8, 4) is 0 Å². The van der Waals surface area contributed by atoms with Crippen molar-refractivity contribution in [3.05, 3.63) is 29.8 Å². The van der Waals surface area contributed by atoms with E-state index in [1.807, 2.05) is 29.2 Å². The van der Waals surface area contributed by atoms with Gasteiger partial charge in [-0.15, -0.1) is 0 Å². The second-order valence-electron chi connectivity index (χ2n) is 5.00. The monoisotopic (exact) mass is 216 g/mol. The van der Waals surface area contributed by atoms with Crippen molar-refractivity contribution in [2.45, 2.75) is 25.8 Å². The molecule has 0 unspecified atom stereocenters. The Morgan fingerprint density at radius 1 is 1.19 bits per heavy atom. The summed E-state index contributed by atoms with van der Waals surface area (Å²) in [5.74, 6) is 0.365. The first-order valence-electron chi connectivity index (χ1n) is 5.83. The van der Waals surface area contributed by atoms with E-state index in [4.69, 9.17) is 5.73 Å². The minimum absolute atomic E-state index is 0.0633. The lowest BCUT2D eigenvalue weighted by Gasteiger charge is -2.16. The number of anilines is 1. The Labute approximate surface area is 95.2 Å². The van der Waals surface area contributed by atoms with Gasteiger partial charge in [-0.3, -0.25) is 4.79 Å². The highest BCUT2D eigenvalue weighted by Crippen LogP contribution is 2.53. The number of rotatable bonds is 2. The van der Waals surface area contributed by atoms with E-state index in [2.05, 4.69) is 0 Å². The lowest BCUT2D eigenvalue weighted by molar-refractivity contribution is -0.132. The number of likely N-dealkylation sites (tertiary alicyclic amines) is 1. The van der Waals surface area contributed by atoms with E-state index in [9.17, 15) is 4.79 Å². The Hall–Kier alpha value is -1.51. The number of hydrogen-bond donors (Lipinski definition) is 1. The van der Waals surface area contributed by atoms with Crippen LogP contribution in [0.25, 0.3) is 0 Å². The van der Waals surface area contributed by atoms with Gasteiger partial charge < -0.3 is 10.6 Å². The zero-order chi connectivity index (χ0) is 11.2. The van der Waals surface area contributed by atoms with Crippen molar-refractivity contribution < 1.29 is 4.79 Å². The molecule has 1 heterocycles. The van der Waals surface area contributed by atoms with Gasteiger partial charge in [0.2, 0.25) is 5.91 Å². The zero-order valence-electron chi connectivity index (χ0n) is 9.28. The molecule has 0 aromatic heterocycles. The lowest BCUT2D eigenvalue weighted by Crippen LogP contribution is -2.27. The maximum absolute atomic E-state index is 12.1. The normalized spacial score (nSPS) is 21.8. The van der Waals surface area contributed by atoms with Gasteiger partial charge in [0.15, 0.2) is 0 Å². The molecule has 1 amide bonds. The molecule has 1 aromatic carbocycles. The molecule has 1 saturated carbocycles. The van der Waals surface area contributed by atoms with E-state index >= 15 is 0 Å². The molecule has 3 heteroatoms. The molecule has 0 radical (unpaired) electrons. The maximum atomic E-state index is 12.1. The van der Waals surface area contributed by atoms with Gasteiger partial charge in [-0.2, -0.15) is 0 Å². The summed E-state index contributed by atoms with van der Waals surface area (Å²) in [6.45, 7) is 1.66. The highest BCUT2D eigenvalue weighted by Gasteiger charge is 2.55. The average Bonchev–Trinajstić information content (AvgIpc) is 3.01. The Kier molecular flexibility index (Phi) is 1.96. The summed E-state index contributed by atoms with van der Waals surface area (Å²) in [6.07, 6.45) is 3.26.